The minimum atomic E-state index is -4.35. The van der Waals surface area contributed by atoms with E-state index < -0.39 is 45.1 Å². The smallest absolute Gasteiger partial charge is 0.321 e. The van der Waals surface area contributed by atoms with E-state index in [4.69, 9.17) is 4.74 Å². The van der Waals surface area contributed by atoms with Gasteiger partial charge in [-0.3, -0.25) is 4.79 Å². The number of esters is 1. The molecule has 0 radical (unpaired) electrons. The second kappa shape index (κ2) is 6.95. The molecule has 0 heterocycles. The normalized spacial score (nSPS) is 12.0. The van der Waals surface area contributed by atoms with Crippen LogP contribution in [0.25, 0.3) is 0 Å². The van der Waals surface area contributed by atoms with Crippen LogP contribution in [0.4, 0.5) is 8.78 Å². The maximum Gasteiger partial charge on any atom is 0.321 e. The van der Waals surface area contributed by atoms with Crippen LogP contribution in [0.5, 0.6) is 0 Å². The van der Waals surface area contributed by atoms with E-state index in [1.54, 1.807) is 6.92 Å². The summed E-state index contributed by atoms with van der Waals surface area (Å²) in [6, 6.07) is 1.51. The fourth-order valence-corrected chi connectivity index (χ4v) is 3.34. The van der Waals surface area contributed by atoms with Crippen molar-refractivity contribution >= 4 is 16.0 Å². The monoisotopic (exact) mass is 321 g/mol. The molecular weight excluding hydrogens is 304 g/mol. The first-order valence-corrected chi connectivity index (χ1v) is 7.76. The Morgan fingerprint density at radius 3 is 2.48 bits per heavy atom. The van der Waals surface area contributed by atoms with Crippen LogP contribution in [0, 0.1) is 11.6 Å². The Morgan fingerprint density at radius 2 is 1.95 bits per heavy atom. The zero-order valence-electron chi connectivity index (χ0n) is 12.0. The summed E-state index contributed by atoms with van der Waals surface area (Å²) in [4.78, 5) is 10.7. The number of benzene rings is 1. The van der Waals surface area contributed by atoms with E-state index in [1.807, 2.05) is 0 Å². The summed E-state index contributed by atoms with van der Waals surface area (Å²) in [5.74, 6) is -2.72. The summed E-state index contributed by atoms with van der Waals surface area (Å²) in [6.07, 6.45) is 0. The SMILES string of the molecule is CCOC(=O)CN(C(C)C)S(=O)(=O)c1cc(F)ccc1F. The van der Waals surface area contributed by atoms with Gasteiger partial charge >= 0.3 is 5.97 Å². The predicted octanol–water partition coefficient (Wildman–Crippen LogP) is 1.93. The molecule has 1 aromatic rings. The molecule has 1 aromatic carbocycles. The summed E-state index contributed by atoms with van der Waals surface area (Å²) in [5.41, 5.74) is 0. The van der Waals surface area contributed by atoms with Crippen molar-refractivity contribution in [2.75, 3.05) is 13.2 Å². The van der Waals surface area contributed by atoms with Crippen LogP contribution in [0.3, 0.4) is 0 Å². The molecule has 0 aliphatic carbocycles. The van der Waals surface area contributed by atoms with E-state index in [9.17, 15) is 22.0 Å². The minimum Gasteiger partial charge on any atom is -0.465 e. The number of hydrogen-bond donors (Lipinski definition) is 0. The van der Waals surface area contributed by atoms with Crippen LogP contribution in [-0.4, -0.2) is 37.9 Å². The summed E-state index contributed by atoms with van der Waals surface area (Å²) >= 11 is 0. The number of halogens is 2. The zero-order chi connectivity index (χ0) is 16.2. The molecule has 8 heteroatoms. The number of hydrogen-bond acceptors (Lipinski definition) is 4. The molecule has 0 aromatic heterocycles. The van der Waals surface area contributed by atoms with Crippen LogP contribution in [-0.2, 0) is 19.6 Å². The van der Waals surface area contributed by atoms with Gasteiger partial charge in [0.15, 0.2) is 0 Å². The van der Waals surface area contributed by atoms with Crippen LogP contribution in [0.2, 0.25) is 0 Å². The highest BCUT2D eigenvalue weighted by atomic mass is 32.2. The molecule has 0 saturated carbocycles. The highest BCUT2D eigenvalue weighted by Gasteiger charge is 2.32. The lowest BCUT2D eigenvalue weighted by Gasteiger charge is -2.25. The van der Waals surface area contributed by atoms with E-state index >= 15 is 0 Å². The van der Waals surface area contributed by atoms with Gasteiger partial charge in [0.1, 0.15) is 23.1 Å². The maximum absolute atomic E-state index is 13.7. The van der Waals surface area contributed by atoms with Crippen LogP contribution < -0.4 is 0 Å². The third-order valence-corrected chi connectivity index (χ3v) is 4.68. The molecule has 0 N–H and O–H groups in total. The molecule has 0 aliphatic heterocycles. The number of sulfonamides is 1. The number of rotatable bonds is 6. The van der Waals surface area contributed by atoms with Gasteiger partial charge in [0.05, 0.1) is 6.61 Å². The number of carbonyl (C=O) groups excluding carboxylic acids is 1. The largest absolute Gasteiger partial charge is 0.465 e. The summed E-state index contributed by atoms with van der Waals surface area (Å²) in [5, 5.41) is 0. The predicted molar refractivity (Wildman–Crippen MR) is 72.0 cm³/mol. The van der Waals surface area contributed by atoms with Gasteiger partial charge in [-0.25, -0.2) is 17.2 Å². The first-order valence-electron chi connectivity index (χ1n) is 6.32. The Balaban J connectivity index is 3.22. The Bertz CT molecular complexity index is 617. The third-order valence-electron chi connectivity index (χ3n) is 2.65. The molecule has 5 nitrogen and oxygen atoms in total. The Morgan fingerprint density at radius 1 is 1.33 bits per heavy atom. The first kappa shape index (κ1) is 17.5. The molecular formula is C13H17F2NO4S. The van der Waals surface area contributed by atoms with E-state index in [0.717, 1.165) is 16.4 Å². The van der Waals surface area contributed by atoms with E-state index in [1.165, 1.54) is 13.8 Å². The molecule has 118 valence electrons. The zero-order valence-corrected chi connectivity index (χ0v) is 12.8. The first-order chi connectivity index (χ1) is 9.70. The lowest BCUT2D eigenvalue weighted by atomic mass is 10.3. The second-order valence-corrected chi connectivity index (χ2v) is 6.38. The van der Waals surface area contributed by atoms with E-state index in [-0.39, 0.29) is 6.61 Å². The molecule has 21 heavy (non-hydrogen) atoms. The molecule has 0 saturated heterocycles. The minimum absolute atomic E-state index is 0.0964. The second-order valence-electron chi connectivity index (χ2n) is 4.52. The number of ether oxygens (including phenoxy) is 1. The van der Waals surface area contributed by atoms with Crippen molar-refractivity contribution in [1.29, 1.82) is 0 Å². The van der Waals surface area contributed by atoms with Gasteiger partial charge in [-0.15, -0.1) is 0 Å². The Kier molecular flexibility index (Phi) is 5.79. The van der Waals surface area contributed by atoms with Crippen molar-refractivity contribution in [1.82, 2.24) is 4.31 Å². The van der Waals surface area contributed by atoms with Gasteiger partial charge in [0.2, 0.25) is 10.0 Å². The van der Waals surface area contributed by atoms with E-state index in [0.29, 0.717) is 6.07 Å². The Hall–Kier alpha value is -1.54. The molecule has 0 bridgehead atoms. The summed E-state index contributed by atoms with van der Waals surface area (Å²) < 4.78 is 57.1. The fourth-order valence-electron chi connectivity index (χ4n) is 1.68. The summed E-state index contributed by atoms with van der Waals surface area (Å²) in [6.45, 7) is 4.16. The van der Waals surface area contributed by atoms with Gasteiger partial charge in [-0.1, -0.05) is 0 Å². The van der Waals surface area contributed by atoms with Crippen molar-refractivity contribution < 1.29 is 26.7 Å². The average Bonchev–Trinajstić information content (AvgIpc) is 2.38. The molecule has 0 aliphatic rings. The fraction of sp³-hybridized carbons (Fsp3) is 0.462. The van der Waals surface area contributed by atoms with Crippen molar-refractivity contribution in [3.63, 3.8) is 0 Å². The quantitative estimate of drug-likeness (QED) is 0.751. The number of carbonyl (C=O) groups is 1. The van der Waals surface area contributed by atoms with Crippen LogP contribution in [0.15, 0.2) is 23.1 Å². The highest BCUT2D eigenvalue weighted by Crippen LogP contribution is 2.22. The number of nitrogens with zero attached hydrogens (tertiary/aromatic N) is 1. The van der Waals surface area contributed by atoms with Gasteiger partial charge in [-0.05, 0) is 39.0 Å². The van der Waals surface area contributed by atoms with Gasteiger partial charge in [-0.2, -0.15) is 4.31 Å². The van der Waals surface area contributed by atoms with Crippen molar-refractivity contribution in [2.45, 2.75) is 31.7 Å². The molecule has 0 amide bonds. The van der Waals surface area contributed by atoms with Crippen LogP contribution in [0.1, 0.15) is 20.8 Å². The van der Waals surface area contributed by atoms with Crippen molar-refractivity contribution in [2.24, 2.45) is 0 Å². The lowest BCUT2D eigenvalue weighted by Crippen LogP contribution is -2.41. The van der Waals surface area contributed by atoms with Crippen molar-refractivity contribution in [3.05, 3.63) is 29.8 Å². The molecule has 1 rings (SSSR count). The Labute approximate surface area is 122 Å². The van der Waals surface area contributed by atoms with Crippen LogP contribution >= 0.6 is 0 Å². The molecule has 0 spiro atoms. The van der Waals surface area contributed by atoms with Crippen molar-refractivity contribution in [3.8, 4) is 0 Å². The molecule has 0 atom stereocenters. The molecule has 0 unspecified atom stereocenters. The van der Waals surface area contributed by atoms with Gasteiger partial charge in [0.25, 0.3) is 0 Å². The topological polar surface area (TPSA) is 63.7 Å². The van der Waals surface area contributed by atoms with Gasteiger partial charge in [0, 0.05) is 6.04 Å². The lowest BCUT2D eigenvalue weighted by molar-refractivity contribution is -0.143. The average molecular weight is 321 g/mol. The van der Waals surface area contributed by atoms with E-state index in [2.05, 4.69) is 0 Å². The summed E-state index contributed by atoms with van der Waals surface area (Å²) in [7, 11) is -4.35. The highest BCUT2D eigenvalue weighted by molar-refractivity contribution is 7.89. The van der Waals surface area contributed by atoms with Gasteiger partial charge < -0.3 is 4.74 Å². The standard InChI is InChI=1S/C13H17F2NO4S/c1-4-20-13(17)8-16(9(2)3)21(18,19)12-7-10(14)5-6-11(12)15/h5-7,9H,4,8H2,1-3H3. The molecule has 0 fully saturated rings. The maximum atomic E-state index is 13.7. The third kappa shape index (κ3) is 4.21.